The van der Waals surface area contributed by atoms with Gasteiger partial charge in [0.05, 0.1) is 7.11 Å². The van der Waals surface area contributed by atoms with Gasteiger partial charge in [-0.15, -0.1) is 5.73 Å². The van der Waals surface area contributed by atoms with Gasteiger partial charge < -0.3 is 4.74 Å². The lowest BCUT2D eigenvalue weighted by Gasteiger charge is -2.38. The minimum Gasteiger partial charge on any atom is -0.497 e. The third kappa shape index (κ3) is 1.96. The third-order valence-electron chi connectivity index (χ3n) is 4.12. The number of allylic oxidation sites excluding steroid dienone is 1. The van der Waals surface area contributed by atoms with Crippen LogP contribution in [0.4, 0.5) is 0 Å². The molecule has 0 saturated heterocycles. The Morgan fingerprint density at radius 1 is 1.00 bits per heavy atom. The third-order valence-corrected chi connectivity index (χ3v) is 10.2. The lowest BCUT2D eigenvalue weighted by atomic mass is 10.3. The van der Waals surface area contributed by atoms with Gasteiger partial charge in [0.2, 0.25) is 0 Å². The fourth-order valence-electron chi connectivity index (χ4n) is 3.25. The van der Waals surface area contributed by atoms with Crippen LogP contribution in [-0.4, -0.2) is 15.2 Å². The Morgan fingerprint density at radius 3 is 1.83 bits per heavy atom. The lowest BCUT2D eigenvalue weighted by Crippen LogP contribution is -2.53. The molecule has 0 heterocycles. The first-order chi connectivity index (χ1) is 8.53. The molecule has 0 N–H and O–H groups in total. The molecule has 0 atom stereocenters. The molecule has 0 unspecified atom stereocenters. The molecule has 0 bridgehead atoms. The standard InChI is InChI=1S/C16H22OSi/c1-12(2)18(13(3)4,16-10-11-16)15-8-6-14(17-5)7-9-15/h6-10,12-13H,1-5H3. The van der Waals surface area contributed by atoms with Gasteiger partial charge in [0.1, 0.15) is 13.8 Å². The summed E-state index contributed by atoms with van der Waals surface area (Å²) in [6, 6.07) is 8.69. The smallest absolute Gasteiger partial charge is 0.133 e. The second-order valence-electron chi connectivity index (χ2n) is 5.61. The summed E-state index contributed by atoms with van der Waals surface area (Å²) in [5.41, 5.74) is 4.76. The van der Waals surface area contributed by atoms with Crippen LogP contribution in [-0.2, 0) is 0 Å². The minimum atomic E-state index is -1.63. The Morgan fingerprint density at radius 2 is 1.50 bits per heavy atom. The van der Waals surface area contributed by atoms with E-state index in [1.165, 1.54) is 10.4 Å². The Balaban J connectivity index is 2.48. The zero-order valence-electron chi connectivity index (χ0n) is 11.9. The summed E-state index contributed by atoms with van der Waals surface area (Å²) in [6.07, 6.45) is 2.19. The topological polar surface area (TPSA) is 9.23 Å². The van der Waals surface area contributed by atoms with E-state index in [1.807, 2.05) is 0 Å². The first-order valence-electron chi connectivity index (χ1n) is 6.65. The molecule has 0 saturated carbocycles. The second-order valence-corrected chi connectivity index (χ2v) is 10.8. The molecule has 1 nitrogen and oxygen atoms in total. The maximum Gasteiger partial charge on any atom is 0.133 e. The van der Waals surface area contributed by atoms with Gasteiger partial charge >= 0.3 is 0 Å². The van der Waals surface area contributed by atoms with Crippen molar-refractivity contribution in [2.45, 2.75) is 38.8 Å². The fraction of sp³-hybridized carbons (Fsp3) is 0.438. The van der Waals surface area contributed by atoms with E-state index in [-0.39, 0.29) is 0 Å². The van der Waals surface area contributed by atoms with Crippen molar-refractivity contribution in [2.75, 3.05) is 7.11 Å². The van der Waals surface area contributed by atoms with Crippen molar-refractivity contribution in [3.63, 3.8) is 0 Å². The van der Waals surface area contributed by atoms with Crippen molar-refractivity contribution in [2.24, 2.45) is 0 Å². The molecule has 18 heavy (non-hydrogen) atoms. The van der Waals surface area contributed by atoms with Crippen molar-refractivity contribution >= 4 is 13.3 Å². The predicted molar refractivity (Wildman–Crippen MR) is 80.2 cm³/mol. The molecular formula is C16H22OSi. The van der Waals surface area contributed by atoms with Crippen molar-refractivity contribution < 1.29 is 4.74 Å². The summed E-state index contributed by atoms with van der Waals surface area (Å²) in [5, 5.41) is 3.00. The monoisotopic (exact) mass is 258 g/mol. The Kier molecular flexibility index (Phi) is 3.51. The average molecular weight is 258 g/mol. The number of hydrogen-bond donors (Lipinski definition) is 0. The molecule has 2 heteroatoms. The largest absolute Gasteiger partial charge is 0.497 e. The maximum atomic E-state index is 5.26. The van der Waals surface area contributed by atoms with E-state index in [2.05, 4.69) is 63.8 Å². The van der Waals surface area contributed by atoms with Crippen LogP contribution in [0.15, 0.2) is 41.3 Å². The highest BCUT2D eigenvalue weighted by Crippen LogP contribution is 2.41. The summed E-state index contributed by atoms with van der Waals surface area (Å²) >= 11 is 0. The molecule has 0 radical (unpaired) electrons. The summed E-state index contributed by atoms with van der Waals surface area (Å²) in [7, 11) is 0.0840. The summed E-state index contributed by atoms with van der Waals surface area (Å²) in [5.74, 6) is 0.937. The number of methoxy groups -OCH3 is 1. The molecule has 96 valence electrons. The number of rotatable bonds is 5. The van der Waals surface area contributed by atoms with E-state index in [0.29, 0.717) is 11.1 Å². The Bertz CT molecular complexity index is 482. The van der Waals surface area contributed by atoms with Crippen LogP contribution in [0.3, 0.4) is 0 Å². The van der Waals surface area contributed by atoms with E-state index in [4.69, 9.17) is 4.74 Å². The first-order valence-corrected chi connectivity index (χ1v) is 8.80. The van der Waals surface area contributed by atoms with Crippen LogP contribution in [0.1, 0.15) is 27.7 Å². The van der Waals surface area contributed by atoms with Gasteiger partial charge in [0, 0.05) is 0 Å². The van der Waals surface area contributed by atoms with Crippen LogP contribution in [0.5, 0.6) is 5.75 Å². The van der Waals surface area contributed by atoms with E-state index in [1.54, 1.807) is 7.11 Å². The highest BCUT2D eigenvalue weighted by atomic mass is 28.3. The van der Waals surface area contributed by atoms with Gasteiger partial charge in [-0.3, -0.25) is 0 Å². The zero-order chi connectivity index (χ0) is 13.3. The molecule has 1 aliphatic rings. The molecule has 1 aromatic carbocycles. The fourth-order valence-corrected chi connectivity index (χ4v) is 8.74. The van der Waals surface area contributed by atoms with Crippen molar-refractivity contribution in [3.05, 3.63) is 41.3 Å². The first kappa shape index (κ1) is 13.2. The van der Waals surface area contributed by atoms with Crippen LogP contribution >= 0.6 is 0 Å². The quantitative estimate of drug-likeness (QED) is 0.576. The molecule has 0 aromatic heterocycles. The van der Waals surface area contributed by atoms with Gasteiger partial charge in [-0.1, -0.05) is 45.0 Å². The molecule has 1 aromatic rings. The van der Waals surface area contributed by atoms with Crippen LogP contribution in [0.2, 0.25) is 11.1 Å². The SMILES string of the molecule is COc1ccc([Si](C2=C=C2)(C(C)C)C(C)C)cc1. The number of benzene rings is 1. The van der Waals surface area contributed by atoms with Gasteiger partial charge in [0.25, 0.3) is 0 Å². The molecular weight excluding hydrogens is 236 g/mol. The van der Waals surface area contributed by atoms with E-state index >= 15 is 0 Å². The van der Waals surface area contributed by atoms with Gasteiger partial charge in [0.15, 0.2) is 0 Å². The summed E-state index contributed by atoms with van der Waals surface area (Å²) in [4.78, 5) is 0. The zero-order valence-corrected chi connectivity index (χ0v) is 12.9. The minimum absolute atomic E-state index is 0.687. The molecule has 0 fully saturated rings. The van der Waals surface area contributed by atoms with E-state index in [0.717, 1.165) is 5.75 Å². The molecule has 0 spiro atoms. The van der Waals surface area contributed by atoms with E-state index < -0.39 is 8.07 Å². The number of ether oxygens (including phenoxy) is 1. The van der Waals surface area contributed by atoms with Crippen LogP contribution in [0, 0.1) is 0 Å². The molecule has 1 aliphatic carbocycles. The average Bonchev–Trinajstić information content (AvgIpc) is 3.14. The second kappa shape index (κ2) is 4.79. The van der Waals surface area contributed by atoms with Gasteiger partial charge in [-0.05, 0) is 34.5 Å². The maximum absolute atomic E-state index is 5.26. The van der Waals surface area contributed by atoms with Crippen molar-refractivity contribution in [1.82, 2.24) is 0 Å². The molecule has 0 aliphatic heterocycles. The van der Waals surface area contributed by atoms with E-state index in [9.17, 15) is 0 Å². The van der Waals surface area contributed by atoms with Crippen molar-refractivity contribution in [3.8, 4) is 5.75 Å². The summed E-state index contributed by atoms with van der Waals surface area (Å²) in [6.45, 7) is 9.43. The van der Waals surface area contributed by atoms with Crippen LogP contribution in [0.25, 0.3) is 0 Å². The Labute approximate surface area is 111 Å². The predicted octanol–water partition coefficient (Wildman–Crippen LogP) is 3.81. The van der Waals surface area contributed by atoms with Crippen LogP contribution < -0.4 is 9.92 Å². The molecule has 2 rings (SSSR count). The molecule has 0 amide bonds. The van der Waals surface area contributed by atoms with Gasteiger partial charge in [-0.25, -0.2) is 0 Å². The number of hydrogen-bond acceptors (Lipinski definition) is 1. The highest BCUT2D eigenvalue weighted by molar-refractivity contribution is 7.00. The van der Waals surface area contributed by atoms with Gasteiger partial charge in [-0.2, -0.15) is 0 Å². The highest BCUT2D eigenvalue weighted by Gasteiger charge is 2.46. The Hall–Kier alpha value is -1.24. The normalized spacial score (nSPS) is 14.1. The summed E-state index contributed by atoms with van der Waals surface area (Å²) < 4.78 is 5.26. The van der Waals surface area contributed by atoms with Crippen molar-refractivity contribution in [1.29, 1.82) is 0 Å². The lowest BCUT2D eigenvalue weighted by molar-refractivity contribution is 0.415.